The highest BCUT2D eigenvalue weighted by Crippen LogP contribution is 2.37. The molecule has 0 N–H and O–H groups in total. The van der Waals surface area contributed by atoms with Crippen molar-refractivity contribution in [2.75, 3.05) is 0 Å². The van der Waals surface area contributed by atoms with Gasteiger partial charge in [-0.15, -0.1) is 0 Å². The normalized spacial score (nSPS) is 10.3. The molecule has 0 radical (unpaired) electrons. The second-order valence-electron chi connectivity index (χ2n) is 4.45. The molecule has 21 heavy (non-hydrogen) atoms. The number of fused-ring (bicyclic) bond motifs is 1. The highest BCUT2D eigenvalue weighted by Gasteiger charge is 2.10. The topological polar surface area (TPSA) is 33.0 Å². The fourth-order valence-electron chi connectivity index (χ4n) is 2.08. The predicted molar refractivity (Wildman–Crippen MR) is 90.6 cm³/mol. The maximum Gasteiger partial charge on any atom is 0.146 e. The van der Waals surface area contributed by atoms with Crippen molar-refractivity contribution in [1.29, 1.82) is 5.26 Å². The number of hydrogen-bond donors (Lipinski definition) is 0. The number of ether oxygens (including phenoxy) is 1. The summed E-state index contributed by atoms with van der Waals surface area (Å²) < 4.78 is 7.67. The molecule has 3 rings (SSSR count). The number of nitriles is 1. The van der Waals surface area contributed by atoms with Crippen molar-refractivity contribution in [1.82, 2.24) is 0 Å². The molecule has 0 saturated carbocycles. The molecule has 3 aromatic carbocycles. The molecule has 0 aliphatic rings. The van der Waals surface area contributed by atoms with E-state index < -0.39 is 0 Å². The monoisotopic (exact) mass is 401 g/mol. The molecule has 0 unspecified atom stereocenters. The average molecular weight is 403 g/mol. The fraction of sp³-hybridized carbons (Fsp3) is 0. The molecule has 3 aromatic rings. The molecule has 0 aromatic heterocycles. The Kier molecular flexibility index (Phi) is 3.96. The molecule has 0 aliphatic heterocycles. The van der Waals surface area contributed by atoms with E-state index in [1.165, 1.54) is 0 Å². The number of nitrogens with zero attached hydrogens (tertiary/aromatic N) is 1. The van der Waals surface area contributed by atoms with Gasteiger partial charge in [-0.25, -0.2) is 0 Å². The van der Waals surface area contributed by atoms with Crippen LogP contribution in [-0.4, -0.2) is 0 Å². The molecular formula is C17H9Br2NO. The zero-order valence-corrected chi connectivity index (χ0v) is 14.0. The van der Waals surface area contributed by atoms with E-state index in [1.54, 1.807) is 12.1 Å². The van der Waals surface area contributed by atoms with E-state index in [-0.39, 0.29) is 0 Å². The summed E-state index contributed by atoms with van der Waals surface area (Å²) in [4.78, 5) is 0. The molecule has 0 bridgehead atoms. The Morgan fingerprint density at radius 1 is 0.905 bits per heavy atom. The molecule has 0 amide bonds. The molecular weight excluding hydrogens is 394 g/mol. The maximum atomic E-state index is 9.17. The Balaban J connectivity index is 2.09. The summed E-state index contributed by atoms with van der Waals surface area (Å²) in [5.74, 6) is 1.21. The van der Waals surface area contributed by atoms with E-state index in [4.69, 9.17) is 4.74 Å². The van der Waals surface area contributed by atoms with Crippen LogP contribution in [0.15, 0.2) is 63.5 Å². The summed E-state index contributed by atoms with van der Waals surface area (Å²) in [5.41, 5.74) is 0.498. The summed E-state index contributed by atoms with van der Waals surface area (Å²) in [5, 5.41) is 11.4. The van der Waals surface area contributed by atoms with Gasteiger partial charge in [0.25, 0.3) is 0 Å². The Hall–Kier alpha value is -1.83. The summed E-state index contributed by atoms with van der Waals surface area (Å²) >= 11 is 6.98. The molecule has 0 atom stereocenters. The lowest BCUT2D eigenvalue weighted by Crippen LogP contribution is -1.90. The van der Waals surface area contributed by atoms with Crippen LogP contribution in [0.4, 0.5) is 0 Å². The second kappa shape index (κ2) is 5.88. The van der Waals surface area contributed by atoms with E-state index >= 15 is 0 Å². The smallest absolute Gasteiger partial charge is 0.146 e. The summed E-state index contributed by atoms with van der Waals surface area (Å²) in [7, 11) is 0. The largest absolute Gasteiger partial charge is 0.455 e. The standard InChI is InChI=1S/C17H9Br2NO/c18-13-7-5-12(10-20)16(9-13)21-15-8-6-11-3-1-2-4-14(11)17(15)19/h1-9H. The minimum Gasteiger partial charge on any atom is -0.455 e. The average Bonchev–Trinajstić information content (AvgIpc) is 2.51. The van der Waals surface area contributed by atoms with Gasteiger partial charge in [-0.05, 0) is 51.0 Å². The van der Waals surface area contributed by atoms with Gasteiger partial charge in [0.05, 0.1) is 10.0 Å². The Bertz CT molecular complexity index is 868. The van der Waals surface area contributed by atoms with E-state index in [2.05, 4.69) is 37.9 Å². The van der Waals surface area contributed by atoms with E-state index in [9.17, 15) is 5.26 Å². The van der Waals surface area contributed by atoms with Crippen LogP contribution in [0.25, 0.3) is 10.8 Å². The number of hydrogen-bond acceptors (Lipinski definition) is 2. The number of rotatable bonds is 2. The van der Waals surface area contributed by atoms with Crippen molar-refractivity contribution < 1.29 is 4.74 Å². The third-order valence-electron chi connectivity index (χ3n) is 3.11. The van der Waals surface area contributed by atoms with Crippen molar-refractivity contribution in [3.8, 4) is 17.6 Å². The second-order valence-corrected chi connectivity index (χ2v) is 6.16. The quantitative estimate of drug-likeness (QED) is 0.524. The van der Waals surface area contributed by atoms with Gasteiger partial charge in [-0.1, -0.05) is 46.3 Å². The third-order valence-corrected chi connectivity index (χ3v) is 4.42. The lowest BCUT2D eigenvalue weighted by molar-refractivity contribution is 0.478. The molecule has 4 heteroatoms. The summed E-state index contributed by atoms with van der Waals surface area (Å²) in [6, 6.07) is 19.4. The highest BCUT2D eigenvalue weighted by molar-refractivity contribution is 9.11. The third kappa shape index (κ3) is 2.80. The van der Waals surface area contributed by atoms with Crippen LogP contribution in [-0.2, 0) is 0 Å². The lowest BCUT2D eigenvalue weighted by Gasteiger charge is -2.11. The zero-order valence-electron chi connectivity index (χ0n) is 10.8. The molecule has 0 saturated heterocycles. The van der Waals surface area contributed by atoms with Gasteiger partial charge < -0.3 is 4.74 Å². The van der Waals surface area contributed by atoms with E-state index in [0.717, 1.165) is 19.7 Å². The van der Waals surface area contributed by atoms with Gasteiger partial charge in [-0.3, -0.25) is 0 Å². The van der Waals surface area contributed by atoms with Gasteiger partial charge in [0, 0.05) is 4.47 Å². The molecule has 102 valence electrons. The van der Waals surface area contributed by atoms with Crippen LogP contribution in [0.2, 0.25) is 0 Å². The van der Waals surface area contributed by atoms with Gasteiger partial charge in [0.2, 0.25) is 0 Å². The molecule has 2 nitrogen and oxygen atoms in total. The first kappa shape index (κ1) is 14.1. The minimum atomic E-state index is 0.498. The first-order valence-corrected chi connectivity index (χ1v) is 7.82. The summed E-state index contributed by atoms with van der Waals surface area (Å²) in [6.07, 6.45) is 0. The number of halogens is 2. The lowest BCUT2D eigenvalue weighted by atomic mass is 10.1. The first-order chi connectivity index (χ1) is 10.2. The predicted octanol–water partition coefficient (Wildman–Crippen LogP) is 6.03. The van der Waals surface area contributed by atoms with Crippen LogP contribution >= 0.6 is 31.9 Å². The minimum absolute atomic E-state index is 0.498. The van der Waals surface area contributed by atoms with Gasteiger partial charge in [-0.2, -0.15) is 5.26 Å². The Morgan fingerprint density at radius 3 is 2.52 bits per heavy atom. The van der Waals surface area contributed by atoms with Crippen LogP contribution in [0.3, 0.4) is 0 Å². The van der Waals surface area contributed by atoms with E-state index in [1.807, 2.05) is 42.5 Å². The van der Waals surface area contributed by atoms with Crippen LogP contribution in [0.5, 0.6) is 11.5 Å². The highest BCUT2D eigenvalue weighted by atomic mass is 79.9. The van der Waals surface area contributed by atoms with Crippen molar-refractivity contribution in [3.63, 3.8) is 0 Å². The van der Waals surface area contributed by atoms with Crippen LogP contribution in [0, 0.1) is 11.3 Å². The van der Waals surface area contributed by atoms with Crippen molar-refractivity contribution >= 4 is 42.6 Å². The van der Waals surface area contributed by atoms with Gasteiger partial charge >= 0.3 is 0 Å². The molecule has 0 heterocycles. The van der Waals surface area contributed by atoms with Crippen LogP contribution in [0.1, 0.15) is 5.56 Å². The SMILES string of the molecule is N#Cc1ccc(Br)cc1Oc1ccc2ccccc2c1Br. The molecule has 0 fully saturated rings. The van der Waals surface area contributed by atoms with Crippen molar-refractivity contribution in [2.24, 2.45) is 0 Å². The Morgan fingerprint density at radius 2 is 1.71 bits per heavy atom. The van der Waals surface area contributed by atoms with Gasteiger partial charge in [0.1, 0.15) is 17.6 Å². The van der Waals surface area contributed by atoms with Gasteiger partial charge in [0.15, 0.2) is 0 Å². The number of benzene rings is 3. The zero-order chi connectivity index (χ0) is 14.8. The first-order valence-electron chi connectivity index (χ1n) is 6.24. The maximum absolute atomic E-state index is 9.17. The van der Waals surface area contributed by atoms with E-state index in [0.29, 0.717) is 17.1 Å². The van der Waals surface area contributed by atoms with Crippen LogP contribution < -0.4 is 4.74 Å². The molecule has 0 aliphatic carbocycles. The summed E-state index contributed by atoms with van der Waals surface area (Å²) in [6.45, 7) is 0. The Labute approximate surface area is 139 Å². The van der Waals surface area contributed by atoms with Crippen molar-refractivity contribution in [3.05, 3.63) is 69.1 Å². The van der Waals surface area contributed by atoms with Crippen molar-refractivity contribution in [2.45, 2.75) is 0 Å². The molecule has 0 spiro atoms. The fourth-order valence-corrected chi connectivity index (χ4v) is 3.00.